The molecule has 0 saturated carbocycles. The summed E-state index contributed by atoms with van der Waals surface area (Å²) >= 11 is 0. The fourth-order valence-electron chi connectivity index (χ4n) is 5.18. The van der Waals surface area contributed by atoms with Crippen LogP contribution in [0.2, 0.25) is 0 Å². The van der Waals surface area contributed by atoms with Gasteiger partial charge in [-0.2, -0.15) is 4.31 Å². The number of para-hydroxylation sites is 1. The van der Waals surface area contributed by atoms with Gasteiger partial charge in [0.15, 0.2) is 0 Å². The number of benzene rings is 3. The normalized spacial score (nSPS) is 18.6. The van der Waals surface area contributed by atoms with Crippen LogP contribution in [0.15, 0.2) is 77.7 Å². The van der Waals surface area contributed by atoms with Crippen LogP contribution < -0.4 is 4.90 Å². The van der Waals surface area contributed by atoms with Crippen LogP contribution in [0.4, 0.5) is 5.69 Å². The maximum absolute atomic E-state index is 13.6. The molecule has 0 unspecified atom stereocenters. The second-order valence-electron chi connectivity index (χ2n) is 9.20. The fraction of sp³-hybridized carbons (Fsp3) is 0.259. The van der Waals surface area contributed by atoms with E-state index in [0.717, 1.165) is 17.7 Å². The third-order valence-corrected chi connectivity index (χ3v) is 8.89. The first kappa shape index (κ1) is 22.0. The van der Waals surface area contributed by atoms with Crippen LogP contribution in [-0.4, -0.2) is 48.2 Å². The van der Waals surface area contributed by atoms with Crippen molar-refractivity contribution in [2.45, 2.75) is 24.2 Å². The number of fused-ring (bicyclic) bond motifs is 2. The van der Waals surface area contributed by atoms with Crippen LogP contribution in [0.5, 0.6) is 0 Å². The van der Waals surface area contributed by atoms with E-state index in [1.807, 2.05) is 53.4 Å². The van der Waals surface area contributed by atoms with E-state index in [2.05, 4.69) is 16.0 Å². The molecule has 0 aliphatic carbocycles. The Balaban J connectivity index is 1.24. The minimum absolute atomic E-state index is 0.0198. The van der Waals surface area contributed by atoms with E-state index in [-0.39, 0.29) is 23.3 Å². The lowest BCUT2D eigenvalue weighted by atomic mass is 9.98. The van der Waals surface area contributed by atoms with Crippen molar-refractivity contribution in [3.63, 3.8) is 0 Å². The Morgan fingerprint density at radius 3 is 2.63 bits per heavy atom. The van der Waals surface area contributed by atoms with Crippen molar-refractivity contribution in [1.82, 2.24) is 14.3 Å². The van der Waals surface area contributed by atoms with Crippen molar-refractivity contribution in [3.05, 3.63) is 78.4 Å². The molecule has 1 atom stereocenters. The van der Waals surface area contributed by atoms with Crippen molar-refractivity contribution < 1.29 is 13.2 Å². The van der Waals surface area contributed by atoms with Crippen LogP contribution in [0.1, 0.15) is 18.4 Å². The molecule has 1 fully saturated rings. The predicted molar refractivity (Wildman–Crippen MR) is 136 cm³/mol. The highest BCUT2D eigenvalue weighted by molar-refractivity contribution is 7.89. The van der Waals surface area contributed by atoms with Gasteiger partial charge in [-0.05, 0) is 49.1 Å². The molecule has 4 aromatic rings. The molecule has 0 radical (unpaired) electrons. The van der Waals surface area contributed by atoms with E-state index in [1.54, 1.807) is 18.2 Å². The molecule has 1 aromatic heterocycles. The minimum Gasteiger partial charge on any atom is -0.338 e. The van der Waals surface area contributed by atoms with Gasteiger partial charge in [0, 0.05) is 30.9 Å². The van der Waals surface area contributed by atoms with Gasteiger partial charge in [0.2, 0.25) is 15.9 Å². The number of amides is 1. The molecular weight excluding hydrogens is 460 g/mol. The first-order valence-corrected chi connectivity index (χ1v) is 13.4. The van der Waals surface area contributed by atoms with E-state index in [9.17, 15) is 13.2 Å². The molecule has 3 heterocycles. The minimum atomic E-state index is -3.74. The summed E-state index contributed by atoms with van der Waals surface area (Å²) in [6, 6.07) is 22.7. The molecule has 2 aliphatic heterocycles. The molecule has 6 rings (SSSR count). The van der Waals surface area contributed by atoms with Gasteiger partial charge in [-0.25, -0.2) is 13.4 Å². The van der Waals surface area contributed by atoms with E-state index < -0.39 is 10.0 Å². The number of imidazole rings is 1. The summed E-state index contributed by atoms with van der Waals surface area (Å²) in [6.45, 7) is 1.27. The van der Waals surface area contributed by atoms with Crippen molar-refractivity contribution >= 4 is 32.7 Å². The molecule has 1 saturated heterocycles. The van der Waals surface area contributed by atoms with Gasteiger partial charge in [-0.15, -0.1) is 0 Å². The third kappa shape index (κ3) is 3.92. The van der Waals surface area contributed by atoms with E-state index in [1.165, 1.54) is 9.87 Å². The van der Waals surface area contributed by atoms with Crippen LogP contribution >= 0.6 is 0 Å². The lowest BCUT2D eigenvalue weighted by molar-refractivity contribution is -0.123. The fourth-order valence-corrected chi connectivity index (χ4v) is 6.73. The number of nitrogens with zero attached hydrogens (tertiary/aromatic N) is 3. The highest BCUT2D eigenvalue weighted by Gasteiger charge is 2.37. The predicted octanol–water partition coefficient (Wildman–Crippen LogP) is 4.22. The molecular formula is C27H26N4O3S. The number of rotatable bonds is 4. The molecule has 35 heavy (non-hydrogen) atoms. The van der Waals surface area contributed by atoms with Crippen LogP contribution in [0, 0.1) is 5.92 Å². The van der Waals surface area contributed by atoms with Crippen molar-refractivity contribution in [3.8, 4) is 11.4 Å². The van der Waals surface area contributed by atoms with Crippen LogP contribution in [0.25, 0.3) is 22.4 Å². The highest BCUT2D eigenvalue weighted by atomic mass is 32.2. The summed E-state index contributed by atoms with van der Waals surface area (Å²) in [5, 5.41) is 0. The standard InChI is InChI=1S/C27H26N4O3S/c32-27(31-16-14-19-7-4-5-11-25(19)31)21-10-6-15-30(18-21)35(33,34)22-12-13-23-24(17-22)29-26(28-23)20-8-2-1-3-9-20/h1-5,7-9,11-13,17,21H,6,10,14-16,18H2,(H,28,29)/t21-/m1/s1. The number of H-pyrrole nitrogens is 1. The van der Waals surface area contributed by atoms with Gasteiger partial charge in [-0.1, -0.05) is 48.5 Å². The highest BCUT2D eigenvalue weighted by Crippen LogP contribution is 2.32. The third-order valence-electron chi connectivity index (χ3n) is 7.02. The van der Waals surface area contributed by atoms with Gasteiger partial charge in [0.1, 0.15) is 5.82 Å². The number of anilines is 1. The number of sulfonamides is 1. The maximum Gasteiger partial charge on any atom is 0.243 e. The SMILES string of the molecule is O=C([C@@H]1CCCN(S(=O)(=O)c2ccc3nc(-c4ccccc4)[nH]c3c2)C1)N1CCc2ccccc21. The zero-order valence-corrected chi connectivity index (χ0v) is 20.0. The zero-order valence-electron chi connectivity index (χ0n) is 19.2. The Morgan fingerprint density at radius 1 is 0.971 bits per heavy atom. The molecule has 0 bridgehead atoms. The van der Waals surface area contributed by atoms with Gasteiger partial charge in [0.25, 0.3) is 0 Å². The number of nitrogens with one attached hydrogen (secondary N) is 1. The number of piperidine rings is 1. The molecule has 1 N–H and O–H groups in total. The summed E-state index contributed by atoms with van der Waals surface area (Å²) in [6.07, 6.45) is 2.20. The summed E-state index contributed by atoms with van der Waals surface area (Å²) in [5.41, 5.74) is 4.44. The number of hydrogen-bond donors (Lipinski definition) is 1. The van der Waals surface area contributed by atoms with Crippen LogP contribution in [0.3, 0.4) is 0 Å². The second kappa shape index (κ2) is 8.62. The Hall–Kier alpha value is -3.49. The summed E-state index contributed by atoms with van der Waals surface area (Å²) in [7, 11) is -3.74. The number of hydrogen-bond acceptors (Lipinski definition) is 4. The number of aromatic nitrogens is 2. The average Bonchev–Trinajstić information content (AvgIpc) is 3.53. The summed E-state index contributed by atoms with van der Waals surface area (Å²) in [4.78, 5) is 23.3. The van der Waals surface area contributed by atoms with Crippen LogP contribution in [-0.2, 0) is 21.2 Å². The van der Waals surface area contributed by atoms with E-state index in [4.69, 9.17) is 0 Å². The quantitative estimate of drug-likeness (QED) is 0.468. The molecule has 178 valence electrons. The molecule has 8 heteroatoms. The van der Waals surface area contributed by atoms with Gasteiger partial charge >= 0.3 is 0 Å². The summed E-state index contributed by atoms with van der Waals surface area (Å²) < 4.78 is 28.6. The Labute approximate surface area is 204 Å². The number of carbonyl (C=O) groups excluding carboxylic acids is 1. The first-order chi connectivity index (χ1) is 17.0. The number of aromatic amines is 1. The van der Waals surface area contributed by atoms with Gasteiger partial charge in [-0.3, -0.25) is 4.79 Å². The number of carbonyl (C=O) groups is 1. The average molecular weight is 487 g/mol. The molecule has 1 amide bonds. The van der Waals surface area contributed by atoms with Gasteiger partial charge in [0.05, 0.1) is 21.8 Å². The van der Waals surface area contributed by atoms with Crippen molar-refractivity contribution in [2.24, 2.45) is 5.92 Å². The van der Waals surface area contributed by atoms with Crippen molar-refractivity contribution in [1.29, 1.82) is 0 Å². The zero-order chi connectivity index (χ0) is 24.0. The smallest absolute Gasteiger partial charge is 0.243 e. The molecule has 7 nitrogen and oxygen atoms in total. The van der Waals surface area contributed by atoms with Gasteiger partial charge < -0.3 is 9.88 Å². The Bertz CT molecular complexity index is 1510. The topological polar surface area (TPSA) is 86.4 Å². The monoisotopic (exact) mass is 486 g/mol. The first-order valence-electron chi connectivity index (χ1n) is 12.0. The lowest BCUT2D eigenvalue weighted by Crippen LogP contribution is -2.46. The van der Waals surface area contributed by atoms with E-state index in [0.29, 0.717) is 42.8 Å². The largest absolute Gasteiger partial charge is 0.338 e. The lowest BCUT2D eigenvalue weighted by Gasteiger charge is -2.33. The second-order valence-corrected chi connectivity index (χ2v) is 11.1. The Kier molecular flexibility index (Phi) is 5.42. The Morgan fingerprint density at radius 2 is 1.77 bits per heavy atom. The summed E-state index contributed by atoms with van der Waals surface area (Å²) in [5.74, 6) is 0.376. The van der Waals surface area contributed by atoms with E-state index >= 15 is 0 Å². The molecule has 3 aromatic carbocycles. The maximum atomic E-state index is 13.6. The van der Waals surface area contributed by atoms with Crippen molar-refractivity contribution in [2.75, 3.05) is 24.5 Å². The molecule has 0 spiro atoms. The molecule has 2 aliphatic rings.